The number of benzene rings is 1. The zero-order valence-electron chi connectivity index (χ0n) is 18.7. The first-order valence-corrected chi connectivity index (χ1v) is 11.5. The fourth-order valence-electron chi connectivity index (χ4n) is 4.96. The monoisotopic (exact) mass is 418 g/mol. The summed E-state index contributed by atoms with van der Waals surface area (Å²) >= 11 is 0. The molecule has 3 heterocycles. The predicted octanol–water partition coefficient (Wildman–Crippen LogP) is 4.78. The number of nitrogens with two attached hydrogens (primary N) is 1. The zero-order chi connectivity index (χ0) is 21.8. The second-order valence-electron chi connectivity index (χ2n) is 8.83. The maximum atomic E-state index is 10.0. The highest BCUT2D eigenvalue weighted by molar-refractivity contribution is 5.61. The molecule has 2 aliphatic rings. The lowest BCUT2D eigenvalue weighted by Crippen LogP contribution is -2.34. The lowest BCUT2D eigenvalue weighted by Gasteiger charge is -2.42. The third kappa shape index (κ3) is 4.58. The van der Waals surface area contributed by atoms with Crippen molar-refractivity contribution in [2.24, 2.45) is 16.6 Å². The van der Waals surface area contributed by atoms with E-state index < -0.39 is 0 Å². The number of allylic oxidation sites excluding steroid dienone is 2. The number of aliphatic hydroxyl groups excluding tert-OH is 1. The Hall–Kier alpha value is -2.50. The van der Waals surface area contributed by atoms with Gasteiger partial charge in [-0.1, -0.05) is 31.2 Å². The Morgan fingerprint density at radius 3 is 2.81 bits per heavy atom. The molecular formula is C26H34N4O. The second-order valence-corrected chi connectivity index (χ2v) is 8.83. The summed E-state index contributed by atoms with van der Waals surface area (Å²) in [7, 11) is 0. The number of aliphatic hydroxyl groups is 1. The van der Waals surface area contributed by atoms with Crippen LogP contribution >= 0.6 is 0 Å². The molecule has 31 heavy (non-hydrogen) atoms. The van der Waals surface area contributed by atoms with Crippen molar-refractivity contribution in [1.29, 1.82) is 0 Å². The first-order valence-electron chi connectivity index (χ1n) is 11.5. The van der Waals surface area contributed by atoms with E-state index >= 15 is 0 Å². The van der Waals surface area contributed by atoms with Crippen LogP contribution in [0.4, 0.5) is 0 Å². The van der Waals surface area contributed by atoms with E-state index in [1.165, 1.54) is 17.0 Å². The number of hydrogen-bond acceptors (Lipinski definition) is 5. The molecule has 0 bridgehead atoms. The molecule has 164 valence electrons. The molecule has 5 heteroatoms. The van der Waals surface area contributed by atoms with E-state index in [0.29, 0.717) is 12.5 Å². The molecule has 0 radical (unpaired) electrons. The van der Waals surface area contributed by atoms with Gasteiger partial charge in [-0.05, 0) is 67.3 Å². The molecule has 2 aromatic rings. The van der Waals surface area contributed by atoms with Gasteiger partial charge in [-0.3, -0.25) is 9.98 Å². The van der Waals surface area contributed by atoms with Gasteiger partial charge >= 0.3 is 0 Å². The molecule has 2 atom stereocenters. The average molecular weight is 419 g/mol. The first-order chi connectivity index (χ1) is 15.1. The van der Waals surface area contributed by atoms with Gasteiger partial charge in [-0.2, -0.15) is 0 Å². The summed E-state index contributed by atoms with van der Waals surface area (Å²) in [6, 6.07) is 10.6. The maximum Gasteiger partial charge on any atom is 0.0718 e. The van der Waals surface area contributed by atoms with Crippen LogP contribution in [0.3, 0.4) is 0 Å². The van der Waals surface area contributed by atoms with Crippen LogP contribution in [0.15, 0.2) is 52.9 Å². The highest BCUT2D eigenvalue weighted by Gasteiger charge is 2.32. The number of piperidine rings is 1. The van der Waals surface area contributed by atoms with E-state index in [1.807, 2.05) is 18.3 Å². The number of aryl methyl sites for hydroxylation is 1. The number of pyridine rings is 1. The van der Waals surface area contributed by atoms with Crippen molar-refractivity contribution >= 4 is 6.21 Å². The summed E-state index contributed by atoms with van der Waals surface area (Å²) in [6.07, 6.45) is 9.42. The number of nitrogens with zero attached hydrogens (tertiary/aromatic N) is 3. The molecule has 0 amide bonds. The van der Waals surface area contributed by atoms with Gasteiger partial charge < -0.3 is 15.7 Å². The third-order valence-electron chi connectivity index (χ3n) is 6.72. The molecule has 1 aromatic carbocycles. The standard InChI is InChI=1S/C26H34N4O/c1-18-6-4-12-28-25(18)23-8-3-9-24(26-19(2)7-5-13-29-26)30(23)16-21-11-10-20(15-27)14-22(21)17-31/h4,6,10-14,19,23,31H,3,5,7-9,15-17,27H2,1-2H3/t19?,23-/m0/s1. The van der Waals surface area contributed by atoms with E-state index in [1.54, 1.807) is 0 Å². The molecule has 1 saturated heterocycles. The number of aliphatic imine (C=N–C) groups is 1. The molecule has 2 aliphatic heterocycles. The highest BCUT2D eigenvalue weighted by atomic mass is 16.3. The Morgan fingerprint density at radius 2 is 2.06 bits per heavy atom. The van der Waals surface area contributed by atoms with Gasteiger partial charge in [-0.15, -0.1) is 0 Å². The summed E-state index contributed by atoms with van der Waals surface area (Å²) < 4.78 is 0. The maximum absolute atomic E-state index is 10.0. The Bertz CT molecular complexity index is 981. The third-order valence-corrected chi connectivity index (χ3v) is 6.72. The van der Waals surface area contributed by atoms with Crippen LogP contribution in [-0.2, 0) is 19.7 Å². The van der Waals surface area contributed by atoms with Crippen LogP contribution in [0.1, 0.15) is 73.0 Å². The smallest absolute Gasteiger partial charge is 0.0718 e. The first kappa shape index (κ1) is 21.7. The summed E-state index contributed by atoms with van der Waals surface area (Å²) in [5.74, 6) is 0.461. The van der Waals surface area contributed by atoms with Gasteiger partial charge in [0.05, 0.1) is 24.0 Å². The lowest BCUT2D eigenvalue weighted by atomic mass is 9.89. The minimum Gasteiger partial charge on any atom is -0.392 e. The molecule has 3 N–H and O–H groups in total. The molecule has 0 saturated carbocycles. The van der Waals surface area contributed by atoms with E-state index in [4.69, 9.17) is 15.7 Å². The fraction of sp³-hybridized carbons (Fsp3) is 0.462. The summed E-state index contributed by atoms with van der Waals surface area (Å²) in [6.45, 7) is 5.68. The molecule has 1 aromatic heterocycles. The van der Waals surface area contributed by atoms with Gasteiger partial charge in [0.1, 0.15) is 0 Å². The lowest BCUT2D eigenvalue weighted by molar-refractivity contribution is 0.180. The minimum absolute atomic E-state index is 0.0186. The summed E-state index contributed by atoms with van der Waals surface area (Å²) in [5, 5.41) is 10.0. The van der Waals surface area contributed by atoms with Crippen molar-refractivity contribution in [2.45, 2.75) is 71.7 Å². The largest absolute Gasteiger partial charge is 0.392 e. The number of aromatic nitrogens is 1. The quantitative estimate of drug-likeness (QED) is 0.733. The zero-order valence-corrected chi connectivity index (χ0v) is 18.7. The van der Waals surface area contributed by atoms with E-state index in [-0.39, 0.29) is 12.6 Å². The summed E-state index contributed by atoms with van der Waals surface area (Å²) in [5.41, 5.74) is 13.9. The number of likely N-dealkylation sites (tertiary alicyclic amines) is 1. The van der Waals surface area contributed by atoms with Crippen molar-refractivity contribution in [1.82, 2.24) is 9.88 Å². The molecule has 0 aliphatic carbocycles. The van der Waals surface area contributed by atoms with E-state index in [9.17, 15) is 5.11 Å². The SMILES string of the molecule is Cc1cccnc1[C@@H]1CCCC(=C2N=CCCC2C)N1Cc1ccc(CN)cc1CO. The molecule has 1 fully saturated rings. The van der Waals surface area contributed by atoms with Crippen molar-refractivity contribution < 1.29 is 5.11 Å². The Kier molecular flexibility index (Phi) is 6.83. The minimum atomic E-state index is 0.0186. The topological polar surface area (TPSA) is 74.7 Å². The van der Waals surface area contributed by atoms with Crippen molar-refractivity contribution in [2.75, 3.05) is 0 Å². The number of rotatable bonds is 5. The van der Waals surface area contributed by atoms with Crippen LogP contribution in [0, 0.1) is 12.8 Å². The van der Waals surface area contributed by atoms with E-state index in [0.717, 1.165) is 61.0 Å². The van der Waals surface area contributed by atoms with Crippen LogP contribution in [0.25, 0.3) is 0 Å². The molecular weight excluding hydrogens is 384 g/mol. The van der Waals surface area contributed by atoms with Crippen molar-refractivity contribution in [3.8, 4) is 0 Å². The number of hydrogen-bond donors (Lipinski definition) is 2. The van der Waals surface area contributed by atoms with Crippen LogP contribution in [-0.4, -0.2) is 21.2 Å². The van der Waals surface area contributed by atoms with Crippen LogP contribution in [0.5, 0.6) is 0 Å². The predicted molar refractivity (Wildman–Crippen MR) is 125 cm³/mol. The van der Waals surface area contributed by atoms with Crippen LogP contribution < -0.4 is 5.73 Å². The van der Waals surface area contributed by atoms with Gasteiger partial charge in [0.25, 0.3) is 0 Å². The van der Waals surface area contributed by atoms with Gasteiger partial charge in [-0.25, -0.2) is 0 Å². The normalized spacial score (nSPS) is 23.9. The van der Waals surface area contributed by atoms with Gasteiger partial charge in [0.2, 0.25) is 0 Å². The Labute approximate surface area is 185 Å². The average Bonchev–Trinajstić information content (AvgIpc) is 2.80. The van der Waals surface area contributed by atoms with Crippen molar-refractivity contribution in [3.63, 3.8) is 0 Å². The van der Waals surface area contributed by atoms with Gasteiger partial charge in [0, 0.05) is 37.1 Å². The fourth-order valence-corrected chi connectivity index (χ4v) is 4.96. The Balaban J connectivity index is 1.80. The Morgan fingerprint density at radius 1 is 1.19 bits per heavy atom. The molecule has 0 spiro atoms. The molecule has 5 nitrogen and oxygen atoms in total. The van der Waals surface area contributed by atoms with Crippen LogP contribution in [0.2, 0.25) is 0 Å². The van der Waals surface area contributed by atoms with Crippen molar-refractivity contribution in [3.05, 3.63) is 75.9 Å². The second kappa shape index (κ2) is 9.75. The molecule has 4 rings (SSSR count). The molecule has 1 unspecified atom stereocenters. The van der Waals surface area contributed by atoms with Gasteiger partial charge in [0.15, 0.2) is 0 Å². The summed E-state index contributed by atoms with van der Waals surface area (Å²) in [4.78, 5) is 12.2. The van der Waals surface area contributed by atoms with E-state index in [2.05, 4.69) is 43.2 Å². The highest BCUT2D eigenvalue weighted by Crippen LogP contribution is 2.41.